The lowest BCUT2D eigenvalue weighted by molar-refractivity contribution is -0.127. The highest BCUT2D eigenvalue weighted by molar-refractivity contribution is 5.92. The Bertz CT molecular complexity index is 628. The van der Waals surface area contributed by atoms with E-state index in [0.29, 0.717) is 35.7 Å². The zero-order chi connectivity index (χ0) is 16.4. The van der Waals surface area contributed by atoms with Gasteiger partial charge in [-0.1, -0.05) is 26.0 Å². The Balaban J connectivity index is 1.72. The predicted octanol–water partition coefficient (Wildman–Crippen LogP) is 4.50. The van der Waals surface area contributed by atoms with E-state index in [1.165, 1.54) is 24.8 Å². The van der Waals surface area contributed by atoms with E-state index in [1.54, 1.807) is 6.92 Å². The van der Waals surface area contributed by atoms with Gasteiger partial charge in [-0.15, -0.1) is 0 Å². The normalized spacial score (nSPS) is 48.3. The van der Waals surface area contributed by atoms with E-state index < -0.39 is 0 Å². The Morgan fingerprint density at radius 2 is 1.91 bits per heavy atom. The van der Waals surface area contributed by atoms with E-state index >= 15 is 0 Å². The van der Waals surface area contributed by atoms with Crippen LogP contribution in [0.15, 0.2) is 23.8 Å². The molecule has 0 aromatic heterocycles. The average Bonchev–Trinajstić information content (AvgIpc) is 2.85. The highest BCUT2D eigenvalue weighted by atomic mass is 16.1. The summed E-state index contributed by atoms with van der Waals surface area (Å²) in [6.45, 7) is 6.54. The van der Waals surface area contributed by atoms with Crippen molar-refractivity contribution in [2.24, 2.45) is 34.5 Å². The summed E-state index contributed by atoms with van der Waals surface area (Å²) in [5.74, 6) is 2.83. The maximum atomic E-state index is 12.1. The van der Waals surface area contributed by atoms with Crippen LogP contribution in [-0.4, -0.2) is 11.6 Å². The van der Waals surface area contributed by atoms with Gasteiger partial charge in [-0.25, -0.2) is 0 Å². The van der Waals surface area contributed by atoms with Crippen molar-refractivity contribution < 1.29 is 9.59 Å². The van der Waals surface area contributed by atoms with E-state index in [-0.39, 0.29) is 16.7 Å². The molecule has 0 heterocycles. The molecule has 124 valence electrons. The van der Waals surface area contributed by atoms with E-state index in [2.05, 4.69) is 26.0 Å². The molecule has 6 atom stereocenters. The molecule has 0 saturated heterocycles. The first-order valence-corrected chi connectivity index (χ1v) is 9.30. The fourth-order valence-electron chi connectivity index (χ4n) is 6.66. The summed E-state index contributed by atoms with van der Waals surface area (Å²) in [6.07, 6.45) is 12.9. The van der Waals surface area contributed by atoms with Crippen molar-refractivity contribution in [1.29, 1.82) is 0 Å². The molecular weight excluding hydrogens is 284 g/mol. The predicted molar refractivity (Wildman–Crippen MR) is 90.8 cm³/mol. The van der Waals surface area contributed by atoms with Gasteiger partial charge < -0.3 is 0 Å². The van der Waals surface area contributed by atoms with Crippen molar-refractivity contribution in [2.75, 3.05) is 0 Å². The molecule has 4 aliphatic carbocycles. The molecule has 0 aromatic rings. The minimum Gasteiger partial charge on any atom is -0.300 e. The first kappa shape index (κ1) is 15.4. The molecule has 0 spiro atoms. The summed E-state index contributed by atoms with van der Waals surface area (Å²) in [5.41, 5.74) is 1.63. The molecule has 0 unspecified atom stereocenters. The standard InChI is InChI=1S/C21H28O2/c1-13(22)17-6-7-18-16-5-4-14-12-15(23)8-10-20(14,2)19(16)9-11-21(17,18)3/h4-5,12,16-19H,6-11H2,1-3H3/t16-,17+,18-,19+,20-,21+/m0/s1. The summed E-state index contributed by atoms with van der Waals surface area (Å²) < 4.78 is 0. The van der Waals surface area contributed by atoms with E-state index in [9.17, 15) is 9.59 Å². The molecule has 4 aliphatic rings. The number of ketones is 2. The number of rotatable bonds is 1. The lowest BCUT2D eigenvalue weighted by Crippen LogP contribution is -2.49. The largest absolute Gasteiger partial charge is 0.300 e. The first-order valence-electron chi connectivity index (χ1n) is 9.30. The van der Waals surface area contributed by atoms with Crippen LogP contribution in [0.1, 0.15) is 59.3 Å². The first-order chi connectivity index (χ1) is 10.9. The van der Waals surface area contributed by atoms with Crippen molar-refractivity contribution in [1.82, 2.24) is 0 Å². The Kier molecular flexibility index (Phi) is 3.28. The van der Waals surface area contributed by atoms with Gasteiger partial charge in [0.05, 0.1) is 0 Å². The maximum Gasteiger partial charge on any atom is 0.156 e. The Hall–Kier alpha value is -1.18. The summed E-state index contributed by atoms with van der Waals surface area (Å²) in [4.78, 5) is 24.0. The molecule has 2 nitrogen and oxygen atoms in total. The van der Waals surface area contributed by atoms with Crippen molar-refractivity contribution in [3.63, 3.8) is 0 Å². The maximum absolute atomic E-state index is 12.1. The van der Waals surface area contributed by atoms with Crippen molar-refractivity contribution >= 4 is 11.6 Å². The third-order valence-corrected chi connectivity index (χ3v) is 8.01. The second-order valence-corrected chi connectivity index (χ2v) is 8.92. The molecule has 0 aromatic carbocycles. The molecule has 2 fully saturated rings. The second kappa shape index (κ2) is 4.91. The number of hydrogen-bond donors (Lipinski definition) is 0. The van der Waals surface area contributed by atoms with Crippen LogP contribution in [0.4, 0.5) is 0 Å². The molecule has 4 rings (SSSR count). The number of fused-ring (bicyclic) bond motifs is 5. The van der Waals surface area contributed by atoms with Crippen LogP contribution < -0.4 is 0 Å². The van der Waals surface area contributed by atoms with Crippen LogP contribution in [0, 0.1) is 34.5 Å². The van der Waals surface area contributed by atoms with Crippen molar-refractivity contribution in [2.45, 2.75) is 59.3 Å². The van der Waals surface area contributed by atoms with Crippen LogP contribution in [0.2, 0.25) is 0 Å². The zero-order valence-corrected chi connectivity index (χ0v) is 14.6. The lowest BCUT2D eigenvalue weighted by atomic mass is 9.48. The van der Waals surface area contributed by atoms with Gasteiger partial charge in [0.2, 0.25) is 0 Å². The second-order valence-electron chi connectivity index (χ2n) is 8.92. The monoisotopic (exact) mass is 312 g/mol. The Labute approximate surface area is 139 Å². The summed E-state index contributed by atoms with van der Waals surface area (Å²) in [6, 6.07) is 0. The summed E-state index contributed by atoms with van der Waals surface area (Å²) in [5, 5.41) is 0. The molecule has 2 heteroatoms. The smallest absolute Gasteiger partial charge is 0.156 e. The molecular formula is C21H28O2. The highest BCUT2D eigenvalue weighted by Gasteiger charge is 2.58. The quantitative estimate of drug-likeness (QED) is 0.714. The van der Waals surface area contributed by atoms with Gasteiger partial charge in [-0.3, -0.25) is 9.59 Å². The van der Waals surface area contributed by atoms with Crippen molar-refractivity contribution in [3.8, 4) is 0 Å². The van der Waals surface area contributed by atoms with Gasteiger partial charge in [-0.2, -0.15) is 0 Å². The number of allylic oxidation sites excluding steroid dienone is 4. The van der Waals surface area contributed by atoms with E-state index in [4.69, 9.17) is 0 Å². The van der Waals surface area contributed by atoms with Gasteiger partial charge in [0.1, 0.15) is 5.78 Å². The fourth-order valence-corrected chi connectivity index (χ4v) is 6.66. The third kappa shape index (κ3) is 1.99. The molecule has 0 N–H and O–H groups in total. The van der Waals surface area contributed by atoms with Gasteiger partial charge in [0.25, 0.3) is 0 Å². The average molecular weight is 312 g/mol. The van der Waals surface area contributed by atoms with Crippen LogP contribution >= 0.6 is 0 Å². The number of Topliss-reactive ketones (excluding diaryl/α,β-unsaturated/α-hetero) is 1. The van der Waals surface area contributed by atoms with Crippen LogP contribution in [0.3, 0.4) is 0 Å². The minimum atomic E-state index is 0.170. The van der Waals surface area contributed by atoms with Gasteiger partial charge in [0.15, 0.2) is 5.78 Å². The number of carbonyl (C=O) groups is 2. The van der Waals surface area contributed by atoms with Crippen LogP contribution in [-0.2, 0) is 9.59 Å². The van der Waals surface area contributed by atoms with E-state index in [1.807, 2.05) is 6.08 Å². The zero-order valence-electron chi connectivity index (χ0n) is 14.6. The molecule has 0 bridgehead atoms. The van der Waals surface area contributed by atoms with E-state index in [0.717, 1.165) is 12.8 Å². The SMILES string of the molecule is CC(=O)[C@H]1CC[C@H]2[C@@H]3C=CC4=CC(=O)CC[C@]4(C)[C@@H]3CC[C@]12C. The lowest BCUT2D eigenvalue weighted by Gasteiger charge is -2.55. The number of hydrogen-bond acceptors (Lipinski definition) is 2. The van der Waals surface area contributed by atoms with Gasteiger partial charge in [-0.05, 0) is 79.3 Å². The third-order valence-electron chi connectivity index (χ3n) is 8.01. The summed E-state index contributed by atoms with van der Waals surface area (Å²) in [7, 11) is 0. The van der Waals surface area contributed by atoms with Crippen molar-refractivity contribution in [3.05, 3.63) is 23.8 Å². The fraction of sp³-hybridized carbons (Fsp3) is 0.714. The molecule has 2 saturated carbocycles. The Morgan fingerprint density at radius 1 is 1.13 bits per heavy atom. The molecule has 0 amide bonds. The van der Waals surface area contributed by atoms with Crippen LogP contribution in [0.5, 0.6) is 0 Å². The Morgan fingerprint density at radius 3 is 2.65 bits per heavy atom. The highest BCUT2D eigenvalue weighted by Crippen LogP contribution is 2.65. The topological polar surface area (TPSA) is 34.1 Å². The summed E-state index contributed by atoms with van der Waals surface area (Å²) >= 11 is 0. The van der Waals surface area contributed by atoms with Gasteiger partial charge in [0, 0.05) is 12.3 Å². The number of carbonyl (C=O) groups excluding carboxylic acids is 2. The molecule has 0 radical (unpaired) electrons. The van der Waals surface area contributed by atoms with Gasteiger partial charge >= 0.3 is 0 Å². The minimum absolute atomic E-state index is 0.170. The molecule has 23 heavy (non-hydrogen) atoms. The molecule has 0 aliphatic heterocycles. The van der Waals surface area contributed by atoms with Crippen LogP contribution in [0.25, 0.3) is 0 Å².